The minimum Gasteiger partial charge on any atom is -0.358 e. The van der Waals surface area contributed by atoms with Crippen LogP contribution in [0.3, 0.4) is 0 Å². The Morgan fingerprint density at radius 1 is 0.381 bits per heavy atom. The number of hydrogen-bond donors (Lipinski definition) is 1. The highest BCUT2D eigenvalue weighted by Gasteiger charge is 2.30. The highest BCUT2D eigenvalue weighted by Crippen LogP contribution is 2.44. The molecule has 294 valence electrons. The van der Waals surface area contributed by atoms with E-state index in [-0.39, 0.29) is 6.17 Å². The molecular weight excluding hydrogens is 767 g/mol. The van der Waals surface area contributed by atoms with Gasteiger partial charge in [0.05, 0.1) is 55.9 Å². The summed E-state index contributed by atoms with van der Waals surface area (Å²) in [5.41, 5.74) is 13.4. The van der Waals surface area contributed by atoms with E-state index in [4.69, 9.17) is 4.99 Å². The second kappa shape index (κ2) is 13.0. The van der Waals surface area contributed by atoms with E-state index in [1.165, 1.54) is 81.6 Å². The zero-order chi connectivity index (χ0) is 41.2. The number of hydrogen-bond acceptors (Lipinski definition) is 2. The smallest absolute Gasteiger partial charge is 0.148 e. The summed E-state index contributed by atoms with van der Waals surface area (Å²) >= 11 is 0. The fourth-order valence-corrected chi connectivity index (χ4v) is 10.7. The third kappa shape index (κ3) is 4.90. The van der Waals surface area contributed by atoms with Crippen LogP contribution in [0.5, 0.6) is 0 Å². The van der Waals surface area contributed by atoms with Crippen molar-refractivity contribution in [3.05, 3.63) is 218 Å². The lowest BCUT2D eigenvalue weighted by molar-refractivity contribution is 0.759. The van der Waals surface area contributed by atoms with Gasteiger partial charge in [-0.05, 0) is 83.6 Å². The van der Waals surface area contributed by atoms with E-state index in [0.29, 0.717) is 0 Å². The standard InChI is InChI=1S/C58H37N5/c1-2-17-39(18-3-1)61-50-25-11-7-21-42(50)46-33-38(30-32-54(46)61)56-58(60-49-24-10-9-23-48(49)59-56)63-52-27-13-8-22-43(52)47-35-45-37(34-55(47)63)16-14-28-53(45)62-51-26-12-6-20-41(51)44-31-29-36-15-4-5-19-40(36)57(44)62/h1-35,58,60H. The van der Waals surface area contributed by atoms with Crippen LogP contribution >= 0.6 is 0 Å². The lowest BCUT2D eigenvalue weighted by atomic mass is 10.0. The highest BCUT2D eigenvalue weighted by atomic mass is 15.2. The van der Waals surface area contributed by atoms with Gasteiger partial charge >= 0.3 is 0 Å². The Morgan fingerprint density at radius 3 is 1.86 bits per heavy atom. The molecule has 0 bridgehead atoms. The van der Waals surface area contributed by atoms with Crippen LogP contribution in [-0.4, -0.2) is 19.4 Å². The molecule has 0 radical (unpaired) electrons. The molecular formula is C58H37N5. The number of fused-ring (bicyclic) bond motifs is 13. The third-order valence-corrected chi connectivity index (χ3v) is 13.4. The van der Waals surface area contributed by atoms with Gasteiger partial charge in [-0.15, -0.1) is 0 Å². The SMILES string of the molecule is c1ccc(-n2c3ccccc3c3cc(C4=Nc5ccccc5NC4n4c5ccccc5c5cc6c(-n7c8ccccc8c8ccc9ccccc9c87)cccc6cc54)ccc32)cc1. The van der Waals surface area contributed by atoms with Crippen LogP contribution in [-0.2, 0) is 0 Å². The molecule has 13 aromatic rings. The minimum atomic E-state index is -0.299. The monoisotopic (exact) mass is 803 g/mol. The molecule has 1 N–H and O–H groups in total. The van der Waals surface area contributed by atoms with Crippen molar-refractivity contribution in [2.75, 3.05) is 5.32 Å². The molecule has 4 heterocycles. The van der Waals surface area contributed by atoms with Gasteiger partial charge < -0.3 is 19.0 Å². The van der Waals surface area contributed by atoms with Crippen molar-refractivity contribution in [3.63, 3.8) is 0 Å². The molecule has 0 amide bonds. The van der Waals surface area contributed by atoms with Crippen LogP contribution in [0.1, 0.15) is 11.7 Å². The van der Waals surface area contributed by atoms with Gasteiger partial charge in [0.2, 0.25) is 0 Å². The van der Waals surface area contributed by atoms with Crippen LogP contribution in [0.4, 0.5) is 11.4 Å². The van der Waals surface area contributed by atoms with E-state index in [2.05, 4.69) is 231 Å². The van der Waals surface area contributed by atoms with Gasteiger partial charge in [0.25, 0.3) is 0 Å². The number of benzene rings is 10. The van der Waals surface area contributed by atoms with Crippen molar-refractivity contribution in [2.24, 2.45) is 4.99 Å². The van der Waals surface area contributed by atoms with Gasteiger partial charge in [0.1, 0.15) is 6.17 Å². The summed E-state index contributed by atoms with van der Waals surface area (Å²) in [5.74, 6) is 0. The lowest BCUT2D eigenvalue weighted by Gasteiger charge is -2.30. The van der Waals surface area contributed by atoms with Crippen LogP contribution in [0.25, 0.3) is 98.3 Å². The molecule has 1 atom stereocenters. The minimum absolute atomic E-state index is 0.299. The first-order valence-corrected chi connectivity index (χ1v) is 21.7. The van der Waals surface area contributed by atoms with Crippen LogP contribution in [0.15, 0.2) is 217 Å². The quantitative estimate of drug-likeness (QED) is 0.189. The van der Waals surface area contributed by atoms with Crippen molar-refractivity contribution in [2.45, 2.75) is 6.17 Å². The lowest BCUT2D eigenvalue weighted by Crippen LogP contribution is -2.30. The molecule has 0 spiro atoms. The van der Waals surface area contributed by atoms with Crippen molar-refractivity contribution in [1.82, 2.24) is 13.7 Å². The van der Waals surface area contributed by atoms with Gasteiger partial charge in [0, 0.05) is 54.3 Å². The molecule has 10 aromatic carbocycles. The average molecular weight is 804 g/mol. The number of aromatic nitrogens is 3. The molecule has 0 fully saturated rings. The van der Waals surface area contributed by atoms with Crippen molar-refractivity contribution in [3.8, 4) is 11.4 Å². The maximum Gasteiger partial charge on any atom is 0.148 e. The Balaban J connectivity index is 1.02. The molecule has 14 rings (SSSR count). The molecule has 3 aromatic heterocycles. The first kappa shape index (κ1) is 34.3. The van der Waals surface area contributed by atoms with Crippen molar-refractivity contribution >= 4 is 104 Å². The fourth-order valence-electron chi connectivity index (χ4n) is 10.7. The van der Waals surface area contributed by atoms with E-state index >= 15 is 0 Å². The molecule has 5 nitrogen and oxygen atoms in total. The number of aliphatic imine (C=N–C) groups is 1. The van der Waals surface area contributed by atoms with Gasteiger partial charge in [0.15, 0.2) is 0 Å². The van der Waals surface area contributed by atoms with Crippen LogP contribution in [0, 0.1) is 0 Å². The van der Waals surface area contributed by atoms with Gasteiger partial charge in [-0.25, -0.2) is 4.99 Å². The summed E-state index contributed by atoms with van der Waals surface area (Å²) in [6, 6.07) is 77.3. The summed E-state index contributed by atoms with van der Waals surface area (Å²) in [6.45, 7) is 0. The Morgan fingerprint density at radius 2 is 1.02 bits per heavy atom. The largest absolute Gasteiger partial charge is 0.358 e. The summed E-state index contributed by atoms with van der Waals surface area (Å²) in [7, 11) is 0. The van der Waals surface area contributed by atoms with Gasteiger partial charge in [-0.1, -0.05) is 140 Å². The Labute approximate surface area is 362 Å². The van der Waals surface area contributed by atoms with E-state index < -0.39 is 0 Å². The number of anilines is 1. The summed E-state index contributed by atoms with van der Waals surface area (Å²) in [6.07, 6.45) is -0.299. The average Bonchev–Trinajstić information content (AvgIpc) is 3.98. The number of nitrogens with one attached hydrogen (secondary N) is 1. The highest BCUT2D eigenvalue weighted by molar-refractivity contribution is 6.21. The number of para-hydroxylation sites is 6. The van der Waals surface area contributed by atoms with Gasteiger partial charge in [-0.3, -0.25) is 0 Å². The van der Waals surface area contributed by atoms with Crippen LogP contribution in [0.2, 0.25) is 0 Å². The zero-order valence-electron chi connectivity index (χ0n) is 34.1. The number of nitrogens with zero attached hydrogens (tertiary/aromatic N) is 4. The molecule has 0 aliphatic carbocycles. The van der Waals surface area contributed by atoms with E-state index in [0.717, 1.165) is 39.4 Å². The maximum atomic E-state index is 5.53. The second-order valence-electron chi connectivity index (χ2n) is 16.8. The first-order chi connectivity index (χ1) is 31.3. The summed E-state index contributed by atoms with van der Waals surface area (Å²) < 4.78 is 7.35. The Bertz CT molecular complexity index is 4070. The van der Waals surface area contributed by atoms with E-state index in [1.54, 1.807) is 0 Å². The summed E-state index contributed by atoms with van der Waals surface area (Å²) in [4.78, 5) is 5.53. The fraction of sp³-hybridized carbons (Fsp3) is 0.0172. The predicted molar refractivity (Wildman–Crippen MR) is 265 cm³/mol. The summed E-state index contributed by atoms with van der Waals surface area (Å²) in [5, 5.41) is 16.2. The Kier molecular flexibility index (Phi) is 7.11. The molecule has 0 saturated heterocycles. The third-order valence-electron chi connectivity index (χ3n) is 13.4. The molecule has 1 unspecified atom stereocenters. The molecule has 1 aliphatic rings. The van der Waals surface area contributed by atoms with E-state index in [1.807, 2.05) is 0 Å². The van der Waals surface area contributed by atoms with Gasteiger partial charge in [-0.2, -0.15) is 0 Å². The molecule has 63 heavy (non-hydrogen) atoms. The molecule has 0 saturated carbocycles. The Hall–Kier alpha value is -8.41. The normalized spacial score (nSPS) is 14.1. The first-order valence-electron chi connectivity index (χ1n) is 21.7. The van der Waals surface area contributed by atoms with Crippen LogP contribution < -0.4 is 5.32 Å². The van der Waals surface area contributed by atoms with Crippen molar-refractivity contribution in [1.29, 1.82) is 0 Å². The molecule has 5 heteroatoms. The maximum absolute atomic E-state index is 5.53. The van der Waals surface area contributed by atoms with Crippen molar-refractivity contribution < 1.29 is 0 Å². The second-order valence-corrected chi connectivity index (χ2v) is 16.8. The van der Waals surface area contributed by atoms with E-state index in [9.17, 15) is 0 Å². The zero-order valence-corrected chi connectivity index (χ0v) is 34.1. The predicted octanol–water partition coefficient (Wildman–Crippen LogP) is 15.0. The molecule has 1 aliphatic heterocycles. The number of rotatable bonds is 4. The topological polar surface area (TPSA) is 39.2 Å².